The average molecular weight is 369 g/mol. The fraction of sp³-hybridized carbons (Fsp3) is 0.684. The Morgan fingerprint density at radius 1 is 1.20 bits per heavy atom. The van der Waals surface area contributed by atoms with E-state index in [0.717, 1.165) is 44.9 Å². The highest BCUT2D eigenvalue weighted by Crippen LogP contribution is 2.45. The number of hydrogen-bond acceptors (Lipinski definition) is 5. The highest BCUT2D eigenvalue weighted by molar-refractivity contribution is 6.33. The highest BCUT2D eigenvalue weighted by atomic mass is 35.5. The Labute approximate surface area is 155 Å². The number of piperidine rings is 1. The van der Waals surface area contributed by atoms with Crippen LogP contribution in [0.5, 0.6) is 11.5 Å². The molecule has 140 valence electrons. The molecule has 0 bridgehead atoms. The summed E-state index contributed by atoms with van der Waals surface area (Å²) in [5.74, 6) is 1.87. The van der Waals surface area contributed by atoms with Gasteiger partial charge in [-0.05, 0) is 43.0 Å². The van der Waals surface area contributed by atoms with Crippen molar-refractivity contribution in [2.75, 3.05) is 54.1 Å². The maximum absolute atomic E-state index is 6.58. The van der Waals surface area contributed by atoms with Crippen molar-refractivity contribution < 1.29 is 14.2 Å². The van der Waals surface area contributed by atoms with Gasteiger partial charge < -0.3 is 19.5 Å². The Kier molecular flexibility index (Phi) is 6.10. The summed E-state index contributed by atoms with van der Waals surface area (Å²) in [5, 5.41) is 4.14. The summed E-state index contributed by atoms with van der Waals surface area (Å²) in [6, 6.07) is 3.98. The Morgan fingerprint density at radius 2 is 1.96 bits per heavy atom. The van der Waals surface area contributed by atoms with E-state index in [1.165, 1.54) is 12.8 Å². The third kappa shape index (κ3) is 3.75. The number of nitrogens with one attached hydrogen (secondary N) is 1. The minimum Gasteiger partial charge on any atom is -0.493 e. The van der Waals surface area contributed by atoms with Crippen LogP contribution in [-0.2, 0) is 11.3 Å². The van der Waals surface area contributed by atoms with Crippen LogP contribution in [0.2, 0.25) is 5.02 Å². The van der Waals surface area contributed by atoms with E-state index < -0.39 is 0 Å². The molecule has 25 heavy (non-hydrogen) atoms. The molecule has 0 radical (unpaired) electrons. The fourth-order valence-electron chi connectivity index (χ4n) is 4.48. The summed E-state index contributed by atoms with van der Waals surface area (Å²) in [4.78, 5) is 2.52. The number of likely N-dealkylation sites (tertiary alicyclic amines) is 1. The lowest BCUT2D eigenvalue weighted by atomic mass is 9.71. The molecule has 3 rings (SSSR count). The summed E-state index contributed by atoms with van der Waals surface area (Å²) < 4.78 is 16.3. The van der Waals surface area contributed by atoms with Gasteiger partial charge in [0.25, 0.3) is 0 Å². The number of hydrogen-bond donors (Lipinski definition) is 1. The molecule has 2 saturated heterocycles. The first-order valence-corrected chi connectivity index (χ1v) is 9.32. The topological polar surface area (TPSA) is 43.0 Å². The smallest absolute Gasteiger partial charge is 0.179 e. The minimum absolute atomic E-state index is 0.365. The van der Waals surface area contributed by atoms with Gasteiger partial charge in [0, 0.05) is 32.7 Å². The van der Waals surface area contributed by atoms with Crippen molar-refractivity contribution >= 4 is 11.6 Å². The molecule has 1 atom stereocenters. The van der Waals surface area contributed by atoms with Gasteiger partial charge in [-0.15, -0.1) is 0 Å². The fourth-order valence-corrected chi connectivity index (χ4v) is 4.77. The lowest BCUT2D eigenvalue weighted by Gasteiger charge is -2.38. The zero-order chi connectivity index (χ0) is 17.9. The van der Waals surface area contributed by atoms with E-state index in [9.17, 15) is 0 Å². The number of methoxy groups -OCH3 is 3. The van der Waals surface area contributed by atoms with Gasteiger partial charge in [0.2, 0.25) is 0 Å². The zero-order valence-electron chi connectivity index (χ0n) is 15.4. The summed E-state index contributed by atoms with van der Waals surface area (Å²) >= 11 is 6.58. The molecule has 2 heterocycles. The van der Waals surface area contributed by atoms with Crippen LogP contribution in [0.1, 0.15) is 18.4 Å². The second-order valence-corrected chi connectivity index (χ2v) is 7.59. The largest absolute Gasteiger partial charge is 0.493 e. The molecule has 0 amide bonds. The molecule has 2 fully saturated rings. The van der Waals surface area contributed by atoms with Gasteiger partial charge in [-0.1, -0.05) is 17.7 Å². The van der Waals surface area contributed by atoms with Crippen molar-refractivity contribution in [3.8, 4) is 11.5 Å². The van der Waals surface area contributed by atoms with Gasteiger partial charge in [-0.25, -0.2) is 0 Å². The van der Waals surface area contributed by atoms with E-state index in [0.29, 0.717) is 27.9 Å². The molecule has 2 aliphatic heterocycles. The summed E-state index contributed by atoms with van der Waals surface area (Å²) in [6.45, 7) is 6.02. The summed E-state index contributed by atoms with van der Waals surface area (Å²) in [5.41, 5.74) is 1.45. The quantitative estimate of drug-likeness (QED) is 0.836. The normalized spacial score (nSPS) is 23.1. The summed E-state index contributed by atoms with van der Waals surface area (Å²) in [6.07, 6.45) is 2.44. The molecule has 6 heteroatoms. The lowest BCUT2D eigenvalue weighted by molar-refractivity contribution is 0.0716. The molecule has 1 spiro atoms. The number of benzene rings is 1. The van der Waals surface area contributed by atoms with Gasteiger partial charge in [-0.2, -0.15) is 0 Å². The molecule has 1 aromatic carbocycles. The van der Waals surface area contributed by atoms with Crippen LogP contribution in [-0.4, -0.2) is 59.0 Å². The molecule has 0 aromatic heterocycles. The third-order valence-corrected chi connectivity index (χ3v) is 6.22. The molecule has 5 nitrogen and oxygen atoms in total. The molecular weight excluding hydrogens is 340 g/mol. The average Bonchev–Trinajstić information content (AvgIpc) is 2.94. The predicted molar refractivity (Wildman–Crippen MR) is 99.7 cm³/mol. The standard InChI is InChI=1S/C19H29ClN2O3/c1-23-12-15-11-22(13-19(15)6-8-21-9-7-19)10-14-4-5-16(24-2)18(25-3)17(14)20/h4-5,15,21H,6-13H2,1-3H3. The monoisotopic (exact) mass is 368 g/mol. The van der Waals surface area contributed by atoms with Gasteiger partial charge in [0.05, 0.1) is 25.8 Å². The molecule has 0 saturated carbocycles. The highest BCUT2D eigenvalue weighted by Gasteiger charge is 2.46. The second kappa shape index (κ2) is 8.12. The number of nitrogens with zero attached hydrogens (tertiary/aromatic N) is 1. The predicted octanol–water partition coefficient (Wildman–Crippen LogP) is 2.81. The van der Waals surface area contributed by atoms with E-state index in [4.69, 9.17) is 25.8 Å². The van der Waals surface area contributed by atoms with Crippen molar-refractivity contribution in [2.24, 2.45) is 11.3 Å². The van der Waals surface area contributed by atoms with Crippen molar-refractivity contribution in [3.05, 3.63) is 22.7 Å². The maximum Gasteiger partial charge on any atom is 0.179 e. The molecule has 1 aromatic rings. The van der Waals surface area contributed by atoms with Crippen molar-refractivity contribution in [3.63, 3.8) is 0 Å². The molecule has 1 N–H and O–H groups in total. The molecule has 2 aliphatic rings. The van der Waals surface area contributed by atoms with E-state index in [1.807, 2.05) is 19.2 Å². The van der Waals surface area contributed by atoms with Gasteiger partial charge in [0.1, 0.15) is 0 Å². The molecule has 1 unspecified atom stereocenters. The number of ether oxygens (including phenoxy) is 3. The Balaban J connectivity index is 1.77. The van der Waals surface area contributed by atoms with Crippen molar-refractivity contribution in [1.29, 1.82) is 0 Å². The Bertz CT molecular complexity index is 590. The van der Waals surface area contributed by atoms with Crippen molar-refractivity contribution in [2.45, 2.75) is 19.4 Å². The third-order valence-electron chi connectivity index (χ3n) is 5.81. The Morgan fingerprint density at radius 3 is 2.60 bits per heavy atom. The first kappa shape index (κ1) is 18.8. The van der Waals surface area contributed by atoms with Crippen LogP contribution < -0.4 is 14.8 Å². The van der Waals surface area contributed by atoms with Gasteiger partial charge >= 0.3 is 0 Å². The minimum atomic E-state index is 0.365. The van der Waals surface area contributed by atoms with E-state index >= 15 is 0 Å². The van der Waals surface area contributed by atoms with Crippen LogP contribution in [0.4, 0.5) is 0 Å². The van der Waals surface area contributed by atoms with Crippen LogP contribution in [0.15, 0.2) is 12.1 Å². The van der Waals surface area contributed by atoms with Gasteiger partial charge in [0.15, 0.2) is 11.5 Å². The maximum atomic E-state index is 6.58. The number of rotatable bonds is 6. The van der Waals surface area contributed by atoms with Gasteiger partial charge in [-0.3, -0.25) is 4.90 Å². The van der Waals surface area contributed by atoms with Crippen LogP contribution in [0, 0.1) is 11.3 Å². The van der Waals surface area contributed by atoms with Crippen LogP contribution >= 0.6 is 11.6 Å². The van der Waals surface area contributed by atoms with E-state index in [1.54, 1.807) is 14.2 Å². The first-order valence-electron chi connectivity index (χ1n) is 8.95. The number of halogens is 1. The van der Waals surface area contributed by atoms with Crippen molar-refractivity contribution in [1.82, 2.24) is 10.2 Å². The molecular formula is C19H29ClN2O3. The first-order chi connectivity index (χ1) is 12.1. The lowest BCUT2D eigenvalue weighted by Crippen LogP contribution is -2.43. The van der Waals surface area contributed by atoms with E-state index in [-0.39, 0.29) is 0 Å². The Hall–Kier alpha value is -1.01. The van der Waals surface area contributed by atoms with Crippen LogP contribution in [0.3, 0.4) is 0 Å². The van der Waals surface area contributed by atoms with Crippen LogP contribution in [0.25, 0.3) is 0 Å². The SMILES string of the molecule is COCC1CN(Cc2ccc(OC)c(OC)c2Cl)CC12CCNCC2. The summed E-state index contributed by atoms with van der Waals surface area (Å²) in [7, 11) is 5.06. The molecule has 0 aliphatic carbocycles. The van der Waals surface area contributed by atoms with E-state index in [2.05, 4.69) is 10.2 Å². The zero-order valence-corrected chi connectivity index (χ0v) is 16.2. The second-order valence-electron chi connectivity index (χ2n) is 7.21.